The van der Waals surface area contributed by atoms with Gasteiger partial charge in [0.2, 0.25) is 0 Å². The van der Waals surface area contributed by atoms with E-state index >= 15 is 0 Å². The van der Waals surface area contributed by atoms with Crippen LogP contribution in [0.1, 0.15) is 37.8 Å². The van der Waals surface area contributed by atoms with E-state index in [2.05, 4.69) is 35.3 Å². The maximum absolute atomic E-state index is 4.22. The van der Waals surface area contributed by atoms with Crippen LogP contribution in [0.3, 0.4) is 0 Å². The second-order valence-corrected chi connectivity index (χ2v) is 6.54. The minimum absolute atomic E-state index is 0.630. The number of nitrogens with zero attached hydrogens (tertiary/aromatic N) is 2. The lowest BCUT2D eigenvalue weighted by Gasteiger charge is -2.18. The number of aromatic nitrogens is 2. The van der Waals surface area contributed by atoms with Crippen LogP contribution in [0.2, 0.25) is 0 Å². The molecule has 1 aromatic rings. The van der Waals surface area contributed by atoms with Gasteiger partial charge in [-0.3, -0.25) is 4.68 Å². The molecule has 1 atom stereocenters. The average Bonchev–Trinajstić information content (AvgIpc) is 3.01. The van der Waals surface area contributed by atoms with Crippen molar-refractivity contribution in [2.75, 3.05) is 12.8 Å². The van der Waals surface area contributed by atoms with Gasteiger partial charge in [0.15, 0.2) is 0 Å². The Kier molecular flexibility index (Phi) is 5.57. The van der Waals surface area contributed by atoms with Crippen LogP contribution in [0, 0.1) is 0 Å². The predicted molar refractivity (Wildman–Crippen MR) is 79.1 cm³/mol. The molecule has 3 nitrogen and oxygen atoms in total. The molecule has 0 saturated heterocycles. The molecule has 4 heteroatoms. The first kappa shape index (κ1) is 13.9. The summed E-state index contributed by atoms with van der Waals surface area (Å²) >= 11 is 2.17. The van der Waals surface area contributed by atoms with Crippen molar-refractivity contribution in [1.29, 1.82) is 0 Å². The molecule has 1 unspecified atom stereocenters. The monoisotopic (exact) mass is 267 g/mol. The highest BCUT2D eigenvalue weighted by Crippen LogP contribution is 2.30. The quantitative estimate of drug-likeness (QED) is 0.823. The van der Waals surface area contributed by atoms with E-state index in [9.17, 15) is 0 Å². The van der Waals surface area contributed by atoms with Gasteiger partial charge in [0.25, 0.3) is 0 Å². The van der Waals surface area contributed by atoms with Gasteiger partial charge < -0.3 is 5.32 Å². The van der Waals surface area contributed by atoms with Gasteiger partial charge in [-0.15, -0.1) is 0 Å². The fourth-order valence-electron chi connectivity index (χ4n) is 2.59. The highest BCUT2D eigenvalue weighted by Gasteiger charge is 2.17. The minimum Gasteiger partial charge on any atom is -0.316 e. The van der Waals surface area contributed by atoms with Crippen LogP contribution in [-0.2, 0) is 13.5 Å². The van der Waals surface area contributed by atoms with Crippen molar-refractivity contribution in [1.82, 2.24) is 15.1 Å². The molecular formula is C14H25N3S. The van der Waals surface area contributed by atoms with Gasteiger partial charge in [-0.25, -0.2) is 0 Å². The summed E-state index contributed by atoms with van der Waals surface area (Å²) in [6, 6.07) is 2.75. The molecular weight excluding hydrogens is 242 g/mol. The maximum atomic E-state index is 4.22. The third-order valence-electron chi connectivity index (χ3n) is 3.91. The van der Waals surface area contributed by atoms with Crippen molar-refractivity contribution in [2.45, 2.75) is 49.8 Å². The lowest BCUT2D eigenvalue weighted by atomic mass is 10.1. The molecule has 0 aliphatic heterocycles. The van der Waals surface area contributed by atoms with E-state index in [4.69, 9.17) is 0 Å². The molecule has 1 heterocycles. The standard InChI is InChI=1S/C14H25N3S/c1-15-12(11-18-14-5-3-4-6-14)7-8-13-9-10-16-17(13)2/h9-10,12,14-15H,3-8,11H2,1-2H3. The second kappa shape index (κ2) is 7.19. The summed E-state index contributed by atoms with van der Waals surface area (Å²) in [5.41, 5.74) is 1.33. The summed E-state index contributed by atoms with van der Waals surface area (Å²) in [5, 5.41) is 8.61. The molecule has 1 N–H and O–H groups in total. The summed E-state index contributed by atoms with van der Waals surface area (Å²) in [7, 11) is 4.11. The molecule has 18 heavy (non-hydrogen) atoms. The zero-order chi connectivity index (χ0) is 12.8. The fourth-order valence-corrected chi connectivity index (χ4v) is 4.09. The zero-order valence-electron chi connectivity index (χ0n) is 11.6. The summed E-state index contributed by atoms with van der Waals surface area (Å²) in [6.07, 6.45) is 9.96. The number of nitrogens with one attached hydrogen (secondary N) is 1. The van der Waals surface area contributed by atoms with Crippen molar-refractivity contribution < 1.29 is 0 Å². The zero-order valence-corrected chi connectivity index (χ0v) is 12.4. The Labute approximate surface area is 115 Å². The first-order valence-electron chi connectivity index (χ1n) is 7.05. The van der Waals surface area contributed by atoms with Crippen LogP contribution >= 0.6 is 11.8 Å². The highest BCUT2D eigenvalue weighted by molar-refractivity contribution is 7.99. The molecule has 2 rings (SSSR count). The molecule has 1 fully saturated rings. The van der Waals surface area contributed by atoms with Gasteiger partial charge in [0.1, 0.15) is 0 Å². The number of hydrogen-bond acceptors (Lipinski definition) is 3. The Hall–Kier alpha value is -0.480. The Bertz CT molecular complexity index is 345. The summed E-state index contributed by atoms with van der Waals surface area (Å²) < 4.78 is 1.98. The molecule has 1 aliphatic rings. The molecule has 102 valence electrons. The van der Waals surface area contributed by atoms with E-state index in [0.29, 0.717) is 6.04 Å². The van der Waals surface area contributed by atoms with E-state index in [1.54, 1.807) is 0 Å². The fraction of sp³-hybridized carbons (Fsp3) is 0.786. The van der Waals surface area contributed by atoms with Crippen molar-refractivity contribution in [3.05, 3.63) is 18.0 Å². The van der Waals surface area contributed by atoms with Crippen LogP contribution < -0.4 is 5.32 Å². The lowest BCUT2D eigenvalue weighted by molar-refractivity contribution is 0.556. The molecule has 0 spiro atoms. The molecule has 0 amide bonds. The largest absolute Gasteiger partial charge is 0.316 e. The molecule has 0 bridgehead atoms. The summed E-state index contributed by atoms with van der Waals surface area (Å²) in [6.45, 7) is 0. The van der Waals surface area contributed by atoms with E-state index in [0.717, 1.165) is 11.7 Å². The molecule has 1 aromatic heterocycles. The number of rotatable bonds is 7. The Morgan fingerprint density at radius 3 is 2.89 bits per heavy atom. The van der Waals surface area contributed by atoms with Crippen LogP contribution in [0.15, 0.2) is 12.3 Å². The predicted octanol–water partition coefficient (Wildman–Crippen LogP) is 2.62. The SMILES string of the molecule is CNC(CCc1ccnn1C)CSC1CCCC1. The van der Waals surface area contributed by atoms with Crippen LogP contribution in [0.25, 0.3) is 0 Å². The Balaban J connectivity index is 1.70. The maximum Gasteiger partial charge on any atom is 0.0492 e. The van der Waals surface area contributed by atoms with Gasteiger partial charge in [0, 0.05) is 36.0 Å². The first-order valence-corrected chi connectivity index (χ1v) is 8.10. The first-order chi connectivity index (χ1) is 8.79. The number of aryl methyl sites for hydroxylation is 2. The van der Waals surface area contributed by atoms with E-state index in [1.807, 2.05) is 17.9 Å². The topological polar surface area (TPSA) is 29.9 Å². The van der Waals surface area contributed by atoms with Gasteiger partial charge in [-0.05, 0) is 38.8 Å². The Morgan fingerprint density at radius 2 is 2.28 bits per heavy atom. The van der Waals surface area contributed by atoms with E-state index in [-0.39, 0.29) is 0 Å². The lowest BCUT2D eigenvalue weighted by Crippen LogP contribution is -2.29. The van der Waals surface area contributed by atoms with Crippen LogP contribution in [0.4, 0.5) is 0 Å². The van der Waals surface area contributed by atoms with Crippen molar-refractivity contribution >= 4 is 11.8 Å². The third-order valence-corrected chi connectivity index (χ3v) is 5.45. The molecule has 1 aliphatic carbocycles. The van der Waals surface area contributed by atoms with Gasteiger partial charge in [-0.2, -0.15) is 16.9 Å². The van der Waals surface area contributed by atoms with Crippen LogP contribution in [-0.4, -0.2) is 33.9 Å². The van der Waals surface area contributed by atoms with Crippen molar-refractivity contribution in [2.24, 2.45) is 7.05 Å². The second-order valence-electron chi connectivity index (χ2n) is 5.21. The summed E-state index contributed by atoms with van der Waals surface area (Å²) in [5.74, 6) is 1.25. The molecule has 1 saturated carbocycles. The molecule has 0 aromatic carbocycles. The normalized spacial score (nSPS) is 18.3. The van der Waals surface area contributed by atoms with Gasteiger partial charge in [-0.1, -0.05) is 12.8 Å². The van der Waals surface area contributed by atoms with Crippen molar-refractivity contribution in [3.8, 4) is 0 Å². The Morgan fingerprint density at radius 1 is 1.50 bits per heavy atom. The van der Waals surface area contributed by atoms with Gasteiger partial charge in [0.05, 0.1) is 0 Å². The van der Waals surface area contributed by atoms with E-state index in [1.165, 1.54) is 43.6 Å². The minimum atomic E-state index is 0.630. The van der Waals surface area contributed by atoms with E-state index < -0.39 is 0 Å². The molecule has 0 radical (unpaired) electrons. The van der Waals surface area contributed by atoms with Crippen molar-refractivity contribution in [3.63, 3.8) is 0 Å². The van der Waals surface area contributed by atoms with Gasteiger partial charge >= 0.3 is 0 Å². The number of thioether (sulfide) groups is 1. The highest BCUT2D eigenvalue weighted by atomic mass is 32.2. The summed E-state index contributed by atoms with van der Waals surface area (Å²) in [4.78, 5) is 0. The smallest absolute Gasteiger partial charge is 0.0492 e. The third kappa shape index (κ3) is 4.02. The van der Waals surface area contributed by atoms with Crippen LogP contribution in [0.5, 0.6) is 0 Å². The average molecular weight is 267 g/mol. The number of hydrogen-bond donors (Lipinski definition) is 1.